The molecule has 1 saturated carbocycles. The van der Waals surface area contributed by atoms with Gasteiger partial charge in [-0.2, -0.15) is 0 Å². The Hall–Kier alpha value is -3.35. The van der Waals surface area contributed by atoms with Gasteiger partial charge in [0.25, 0.3) is 0 Å². The summed E-state index contributed by atoms with van der Waals surface area (Å²) in [5, 5.41) is 15.0. The summed E-state index contributed by atoms with van der Waals surface area (Å²) >= 11 is 0. The Morgan fingerprint density at radius 1 is 1.03 bits per heavy atom. The minimum atomic E-state index is -0.896. The van der Waals surface area contributed by atoms with Gasteiger partial charge in [0.05, 0.1) is 5.92 Å². The molecule has 1 fully saturated rings. The number of carboxylic acid groups (broad SMARTS) is 1. The van der Waals surface area contributed by atoms with Gasteiger partial charge in [0.1, 0.15) is 12.6 Å². The van der Waals surface area contributed by atoms with Crippen molar-refractivity contribution in [3.05, 3.63) is 59.7 Å². The molecule has 2 unspecified atom stereocenters. The van der Waals surface area contributed by atoms with Crippen molar-refractivity contribution in [2.75, 3.05) is 6.61 Å². The molecule has 34 heavy (non-hydrogen) atoms. The largest absolute Gasteiger partial charge is 0.481 e. The van der Waals surface area contributed by atoms with E-state index >= 15 is 0 Å². The standard InChI is InChI=1S/C27H32N2O5/c1-3-16(2)24(25(30)28-23-14-8-13-21(23)26(31)32)29-27(33)34-15-22-19-11-6-4-9-17(19)18-10-5-7-12-20(18)22/h4-7,9-12,16,21-24H,3,8,13-15H2,1-2H3,(H,28,30)(H,29,33)(H,31,32)/t16?,21-,23+,24?/m1/s1. The maximum atomic E-state index is 13.0. The number of nitrogens with one attached hydrogen (secondary N) is 2. The van der Waals surface area contributed by atoms with Crippen molar-refractivity contribution in [3.8, 4) is 11.1 Å². The molecule has 4 atom stereocenters. The molecular weight excluding hydrogens is 432 g/mol. The molecule has 3 N–H and O–H groups in total. The van der Waals surface area contributed by atoms with Crippen LogP contribution in [-0.4, -0.2) is 41.8 Å². The van der Waals surface area contributed by atoms with Crippen LogP contribution in [0.3, 0.4) is 0 Å². The Morgan fingerprint density at radius 2 is 1.65 bits per heavy atom. The molecular formula is C27H32N2O5. The fourth-order valence-electron chi connectivity index (χ4n) is 5.17. The monoisotopic (exact) mass is 464 g/mol. The number of aliphatic carboxylic acids is 1. The lowest BCUT2D eigenvalue weighted by Gasteiger charge is -2.26. The van der Waals surface area contributed by atoms with Gasteiger partial charge < -0.3 is 20.5 Å². The Kier molecular flexibility index (Phi) is 7.20. The SMILES string of the molecule is CCC(C)C(NC(=O)OCC1c2ccccc2-c2ccccc21)C(=O)N[C@H]1CCC[C@H]1C(=O)O. The maximum Gasteiger partial charge on any atom is 0.407 e. The van der Waals surface area contributed by atoms with Gasteiger partial charge in [-0.15, -0.1) is 0 Å². The number of ether oxygens (including phenoxy) is 1. The van der Waals surface area contributed by atoms with Gasteiger partial charge in [-0.3, -0.25) is 9.59 Å². The molecule has 0 aromatic heterocycles. The number of carbonyl (C=O) groups is 3. The topological polar surface area (TPSA) is 105 Å². The first-order chi connectivity index (χ1) is 16.4. The lowest BCUT2D eigenvalue weighted by Crippen LogP contribution is -2.53. The molecule has 0 aliphatic heterocycles. The van der Waals surface area contributed by atoms with Crippen molar-refractivity contribution in [1.82, 2.24) is 10.6 Å². The zero-order valence-corrected chi connectivity index (χ0v) is 19.6. The lowest BCUT2D eigenvalue weighted by molar-refractivity contribution is -0.142. The Labute approximate surface area is 199 Å². The predicted molar refractivity (Wildman–Crippen MR) is 128 cm³/mol. The molecule has 0 radical (unpaired) electrons. The summed E-state index contributed by atoms with van der Waals surface area (Å²) in [6.07, 6.45) is 1.96. The first-order valence-corrected chi connectivity index (χ1v) is 12.0. The summed E-state index contributed by atoms with van der Waals surface area (Å²) in [6, 6.07) is 15.0. The molecule has 7 heteroatoms. The Morgan fingerprint density at radius 3 is 2.24 bits per heavy atom. The summed E-state index contributed by atoms with van der Waals surface area (Å²) < 4.78 is 5.62. The third kappa shape index (κ3) is 4.79. The number of carbonyl (C=O) groups excluding carboxylic acids is 2. The zero-order chi connectivity index (χ0) is 24.2. The summed E-state index contributed by atoms with van der Waals surface area (Å²) in [5.41, 5.74) is 4.53. The van der Waals surface area contributed by atoms with E-state index in [2.05, 4.69) is 34.9 Å². The van der Waals surface area contributed by atoms with E-state index in [0.29, 0.717) is 19.3 Å². The highest BCUT2D eigenvalue weighted by atomic mass is 16.5. The average Bonchev–Trinajstić information content (AvgIpc) is 3.43. The second-order valence-corrected chi connectivity index (χ2v) is 9.32. The van der Waals surface area contributed by atoms with Crippen LogP contribution >= 0.6 is 0 Å². The highest BCUT2D eigenvalue weighted by Crippen LogP contribution is 2.44. The molecule has 2 aromatic rings. The van der Waals surface area contributed by atoms with Gasteiger partial charge in [-0.1, -0.05) is 75.2 Å². The van der Waals surface area contributed by atoms with Crippen LogP contribution in [0.1, 0.15) is 56.6 Å². The second kappa shape index (κ2) is 10.3. The minimum absolute atomic E-state index is 0.0659. The molecule has 180 valence electrons. The average molecular weight is 465 g/mol. The summed E-state index contributed by atoms with van der Waals surface area (Å²) in [6.45, 7) is 4.00. The molecule has 2 aliphatic rings. The third-order valence-corrected chi connectivity index (χ3v) is 7.27. The fourth-order valence-corrected chi connectivity index (χ4v) is 5.17. The number of hydrogen-bond donors (Lipinski definition) is 3. The van der Waals surface area contributed by atoms with E-state index in [4.69, 9.17) is 4.74 Å². The van der Waals surface area contributed by atoms with Gasteiger partial charge in [0.15, 0.2) is 0 Å². The van der Waals surface area contributed by atoms with E-state index in [1.807, 2.05) is 38.1 Å². The number of alkyl carbamates (subject to hydrolysis) is 1. The second-order valence-electron chi connectivity index (χ2n) is 9.32. The summed E-state index contributed by atoms with van der Waals surface area (Å²) in [7, 11) is 0. The Bertz CT molecular complexity index is 1020. The van der Waals surface area contributed by atoms with Crippen LogP contribution < -0.4 is 10.6 Å². The van der Waals surface area contributed by atoms with Gasteiger partial charge in [0, 0.05) is 12.0 Å². The molecule has 4 rings (SSSR count). The molecule has 0 bridgehead atoms. The van der Waals surface area contributed by atoms with Gasteiger partial charge in [-0.25, -0.2) is 4.79 Å². The van der Waals surface area contributed by atoms with Crippen LogP contribution in [0.4, 0.5) is 4.79 Å². The molecule has 0 spiro atoms. The smallest absolute Gasteiger partial charge is 0.407 e. The number of rotatable bonds is 8. The van der Waals surface area contributed by atoms with E-state index in [9.17, 15) is 19.5 Å². The lowest BCUT2D eigenvalue weighted by atomic mass is 9.97. The zero-order valence-electron chi connectivity index (χ0n) is 19.6. The quantitative estimate of drug-likeness (QED) is 0.540. The number of hydrogen-bond acceptors (Lipinski definition) is 4. The van der Waals surface area contributed by atoms with Crippen molar-refractivity contribution >= 4 is 18.0 Å². The minimum Gasteiger partial charge on any atom is -0.481 e. The molecule has 2 amide bonds. The third-order valence-electron chi connectivity index (χ3n) is 7.27. The van der Waals surface area contributed by atoms with Crippen LogP contribution in [0.15, 0.2) is 48.5 Å². The van der Waals surface area contributed by atoms with Crippen LogP contribution in [-0.2, 0) is 14.3 Å². The van der Waals surface area contributed by atoms with Gasteiger partial charge >= 0.3 is 12.1 Å². The number of amides is 2. The summed E-state index contributed by atoms with van der Waals surface area (Å²) in [4.78, 5) is 37.3. The fraction of sp³-hybridized carbons (Fsp3) is 0.444. The van der Waals surface area contributed by atoms with E-state index in [1.54, 1.807) is 0 Å². The molecule has 2 aliphatic carbocycles. The van der Waals surface area contributed by atoms with Crippen LogP contribution in [0.5, 0.6) is 0 Å². The van der Waals surface area contributed by atoms with Crippen molar-refractivity contribution in [3.63, 3.8) is 0 Å². The van der Waals surface area contributed by atoms with E-state index < -0.39 is 30.1 Å². The normalized spacial score (nSPS) is 20.6. The first kappa shape index (κ1) is 23.8. The van der Waals surface area contributed by atoms with E-state index in [0.717, 1.165) is 28.7 Å². The van der Waals surface area contributed by atoms with Crippen molar-refractivity contribution in [1.29, 1.82) is 0 Å². The van der Waals surface area contributed by atoms with Gasteiger partial charge in [0.2, 0.25) is 5.91 Å². The number of fused-ring (bicyclic) bond motifs is 3. The highest BCUT2D eigenvalue weighted by molar-refractivity contribution is 5.87. The molecule has 7 nitrogen and oxygen atoms in total. The number of benzene rings is 2. The van der Waals surface area contributed by atoms with Crippen molar-refractivity contribution in [2.24, 2.45) is 11.8 Å². The molecule has 0 saturated heterocycles. The van der Waals surface area contributed by atoms with Gasteiger partial charge in [-0.05, 0) is 41.0 Å². The predicted octanol–water partition coefficient (Wildman–Crippen LogP) is 4.31. The number of carboxylic acids is 1. The Balaban J connectivity index is 1.41. The van der Waals surface area contributed by atoms with Crippen molar-refractivity contribution in [2.45, 2.75) is 57.5 Å². The van der Waals surface area contributed by atoms with Crippen molar-refractivity contribution < 1.29 is 24.2 Å². The molecule has 0 heterocycles. The van der Waals surface area contributed by atoms with E-state index in [-0.39, 0.29) is 24.3 Å². The molecule has 2 aromatic carbocycles. The van der Waals surface area contributed by atoms with Crippen LogP contribution in [0.2, 0.25) is 0 Å². The first-order valence-electron chi connectivity index (χ1n) is 12.0. The van der Waals surface area contributed by atoms with Crippen LogP contribution in [0.25, 0.3) is 11.1 Å². The van der Waals surface area contributed by atoms with Crippen LogP contribution in [0, 0.1) is 11.8 Å². The highest BCUT2D eigenvalue weighted by Gasteiger charge is 2.37. The summed E-state index contributed by atoms with van der Waals surface area (Å²) in [5.74, 6) is -2.04. The van der Waals surface area contributed by atoms with E-state index in [1.165, 1.54) is 0 Å². The maximum absolute atomic E-state index is 13.0.